The lowest BCUT2D eigenvalue weighted by Gasteiger charge is -2.49. The molecular weight excluding hydrogens is 330 g/mol. The molecule has 0 radical (unpaired) electrons. The van der Waals surface area contributed by atoms with E-state index in [4.69, 9.17) is 4.74 Å². The number of fused-ring (bicyclic) bond motifs is 3. The summed E-state index contributed by atoms with van der Waals surface area (Å²) in [6.45, 7) is 12.1. The maximum absolute atomic E-state index is 11.7. The molecule has 1 aromatic carbocycles. The van der Waals surface area contributed by atoms with Crippen LogP contribution in [0.25, 0.3) is 0 Å². The van der Waals surface area contributed by atoms with E-state index >= 15 is 0 Å². The van der Waals surface area contributed by atoms with Crippen molar-refractivity contribution in [3.05, 3.63) is 29.0 Å². The van der Waals surface area contributed by atoms with Crippen molar-refractivity contribution >= 4 is 11.7 Å². The average molecular weight is 361 g/mol. The van der Waals surface area contributed by atoms with Gasteiger partial charge in [0, 0.05) is 6.20 Å². The number of carboxylic acids is 1. The third-order valence-electron chi connectivity index (χ3n) is 5.00. The quantitative estimate of drug-likeness (QED) is 0.782. The number of aryl methyl sites for hydroxylation is 1. The maximum Gasteiger partial charge on any atom is 0.339 e. The molecule has 0 fully saturated rings. The third kappa shape index (κ3) is 3.39. The molecule has 0 bridgehead atoms. The molecule has 26 heavy (non-hydrogen) atoms. The molecule has 0 spiro atoms. The highest BCUT2D eigenvalue weighted by molar-refractivity contribution is 5.97. The van der Waals surface area contributed by atoms with Gasteiger partial charge in [-0.05, 0) is 51.7 Å². The first kappa shape index (κ1) is 20.1. The Hall–Kier alpha value is -2.17. The molecule has 2 N–H and O–H groups in total. The second kappa shape index (κ2) is 7.60. The van der Waals surface area contributed by atoms with E-state index < -0.39 is 11.6 Å². The van der Waals surface area contributed by atoms with Crippen LogP contribution in [0.15, 0.2) is 17.8 Å². The normalized spacial score (nSPS) is 20.0. The van der Waals surface area contributed by atoms with E-state index in [9.17, 15) is 15.0 Å². The lowest BCUT2D eigenvalue weighted by Crippen LogP contribution is -2.55. The Morgan fingerprint density at radius 1 is 1.38 bits per heavy atom. The molecule has 3 rings (SSSR count). The van der Waals surface area contributed by atoms with Crippen molar-refractivity contribution in [3.8, 4) is 11.5 Å². The highest BCUT2D eigenvalue weighted by atomic mass is 16.5. The minimum atomic E-state index is -1.10. The molecular formula is C21H31NO4. The van der Waals surface area contributed by atoms with E-state index in [2.05, 4.69) is 6.92 Å². The van der Waals surface area contributed by atoms with Gasteiger partial charge in [0.05, 0.1) is 6.04 Å². The van der Waals surface area contributed by atoms with Gasteiger partial charge < -0.3 is 19.8 Å². The Morgan fingerprint density at radius 2 is 2.04 bits per heavy atom. The molecule has 5 heteroatoms. The van der Waals surface area contributed by atoms with E-state index in [1.54, 1.807) is 6.07 Å². The molecule has 0 saturated carbocycles. The Balaban J connectivity index is 0.00000117. The number of benzene rings is 1. The van der Waals surface area contributed by atoms with Gasteiger partial charge >= 0.3 is 5.97 Å². The van der Waals surface area contributed by atoms with E-state index in [0.717, 1.165) is 19.3 Å². The lowest BCUT2D eigenvalue weighted by molar-refractivity contribution is 0.0615. The predicted molar refractivity (Wildman–Crippen MR) is 104 cm³/mol. The van der Waals surface area contributed by atoms with Crippen molar-refractivity contribution in [1.29, 1.82) is 0 Å². The average Bonchev–Trinajstić information content (AvgIpc) is 2.55. The van der Waals surface area contributed by atoms with Crippen LogP contribution in [-0.2, 0) is 6.42 Å². The van der Waals surface area contributed by atoms with Gasteiger partial charge in [-0.1, -0.05) is 32.8 Å². The fourth-order valence-electron chi connectivity index (χ4n) is 3.87. The Bertz CT molecular complexity index is 721. The minimum Gasteiger partial charge on any atom is -0.505 e. The highest BCUT2D eigenvalue weighted by Gasteiger charge is 2.44. The number of aromatic carboxylic acids is 1. The number of ether oxygens (including phenoxy) is 1. The van der Waals surface area contributed by atoms with Gasteiger partial charge in [-0.15, -0.1) is 0 Å². The zero-order chi connectivity index (χ0) is 19.6. The summed E-state index contributed by atoms with van der Waals surface area (Å²) in [5.41, 5.74) is 1.90. The number of hydrogen-bond acceptors (Lipinski definition) is 4. The molecule has 2 heterocycles. The second-order valence-electron chi connectivity index (χ2n) is 7.30. The lowest BCUT2D eigenvalue weighted by atomic mass is 9.86. The number of carbonyl (C=O) groups is 1. The molecule has 2 aliphatic rings. The SMILES string of the molecule is CC.CCCc1cc2c(c(O)c1C(=O)O)N1C=C(C)CCC1C(C)(C)O2. The summed E-state index contributed by atoms with van der Waals surface area (Å²) < 4.78 is 6.20. The molecule has 0 amide bonds. The van der Waals surface area contributed by atoms with Crippen LogP contribution in [0.2, 0.25) is 0 Å². The van der Waals surface area contributed by atoms with Crippen LogP contribution in [0.4, 0.5) is 5.69 Å². The van der Waals surface area contributed by atoms with E-state index in [0.29, 0.717) is 23.4 Å². The Morgan fingerprint density at radius 3 is 2.62 bits per heavy atom. The van der Waals surface area contributed by atoms with Crippen molar-refractivity contribution in [2.45, 2.75) is 78.9 Å². The first-order valence-electron chi connectivity index (χ1n) is 9.53. The second-order valence-corrected chi connectivity index (χ2v) is 7.30. The van der Waals surface area contributed by atoms with Crippen molar-refractivity contribution < 1.29 is 19.7 Å². The number of allylic oxidation sites excluding steroid dienone is 1. The van der Waals surface area contributed by atoms with Crippen molar-refractivity contribution in [2.24, 2.45) is 0 Å². The number of anilines is 1. The summed E-state index contributed by atoms with van der Waals surface area (Å²) in [5.74, 6) is -0.721. The van der Waals surface area contributed by atoms with E-state index in [1.807, 2.05) is 45.7 Å². The topological polar surface area (TPSA) is 70.0 Å². The molecule has 1 unspecified atom stereocenters. The zero-order valence-corrected chi connectivity index (χ0v) is 16.7. The summed E-state index contributed by atoms with van der Waals surface area (Å²) in [4.78, 5) is 13.7. The number of hydrogen-bond donors (Lipinski definition) is 2. The van der Waals surface area contributed by atoms with Gasteiger partial charge in [-0.25, -0.2) is 4.79 Å². The van der Waals surface area contributed by atoms with Gasteiger partial charge in [0.1, 0.15) is 22.6 Å². The van der Waals surface area contributed by atoms with Crippen LogP contribution in [-0.4, -0.2) is 27.8 Å². The summed E-state index contributed by atoms with van der Waals surface area (Å²) in [7, 11) is 0. The van der Waals surface area contributed by atoms with E-state index in [-0.39, 0.29) is 17.4 Å². The third-order valence-corrected chi connectivity index (χ3v) is 5.00. The van der Waals surface area contributed by atoms with Crippen LogP contribution < -0.4 is 9.64 Å². The smallest absolute Gasteiger partial charge is 0.339 e. The van der Waals surface area contributed by atoms with Gasteiger partial charge in [-0.3, -0.25) is 0 Å². The number of nitrogens with zero attached hydrogens (tertiary/aromatic N) is 1. The largest absolute Gasteiger partial charge is 0.505 e. The molecule has 144 valence electrons. The molecule has 0 aliphatic carbocycles. The van der Waals surface area contributed by atoms with Crippen molar-refractivity contribution in [3.63, 3.8) is 0 Å². The molecule has 0 aromatic heterocycles. The number of rotatable bonds is 3. The summed E-state index contributed by atoms with van der Waals surface area (Å²) in [6, 6.07) is 1.86. The van der Waals surface area contributed by atoms with E-state index in [1.165, 1.54) is 5.57 Å². The summed E-state index contributed by atoms with van der Waals surface area (Å²) in [6.07, 6.45) is 5.29. The molecule has 0 saturated heterocycles. The van der Waals surface area contributed by atoms with Gasteiger partial charge in [0.15, 0.2) is 5.75 Å². The predicted octanol–water partition coefficient (Wildman–Crippen LogP) is 5.11. The monoisotopic (exact) mass is 361 g/mol. The number of aromatic hydroxyl groups is 1. The van der Waals surface area contributed by atoms with Crippen LogP contribution in [0.3, 0.4) is 0 Å². The summed E-state index contributed by atoms with van der Waals surface area (Å²) in [5, 5.41) is 20.4. The molecule has 1 aromatic rings. The minimum absolute atomic E-state index is 0.00529. The standard InChI is InChI=1S/C19H25NO4.C2H6/c1-5-6-12-9-13-16(17(21)15(12)18(22)23)20-10-11(2)7-8-14(20)19(3,4)24-13;1-2/h9-10,14,21H,5-8H2,1-4H3,(H,22,23);1-2H3. The van der Waals surface area contributed by atoms with Crippen LogP contribution in [0, 0.1) is 0 Å². The molecule has 1 atom stereocenters. The van der Waals surface area contributed by atoms with Crippen LogP contribution in [0.1, 0.15) is 76.7 Å². The first-order chi connectivity index (χ1) is 12.3. The van der Waals surface area contributed by atoms with Gasteiger partial charge in [0.25, 0.3) is 0 Å². The summed E-state index contributed by atoms with van der Waals surface area (Å²) >= 11 is 0. The zero-order valence-electron chi connectivity index (χ0n) is 16.7. The van der Waals surface area contributed by atoms with Crippen LogP contribution >= 0.6 is 0 Å². The fourth-order valence-corrected chi connectivity index (χ4v) is 3.87. The highest BCUT2D eigenvalue weighted by Crippen LogP contribution is 2.51. The van der Waals surface area contributed by atoms with Gasteiger partial charge in [0.2, 0.25) is 0 Å². The first-order valence-corrected chi connectivity index (χ1v) is 9.53. The molecule has 5 nitrogen and oxygen atoms in total. The van der Waals surface area contributed by atoms with Crippen molar-refractivity contribution in [1.82, 2.24) is 0 Å². The molecule has 2 aliphatic heterocycles. The van der Waals surface area contributed by atoms with Gasteiger partial charge in [-0.2, -0.15) is 0 Å². The number of carboxylic acid groups (broad SMARTS) is 1. The Kier molecular flexibility index (Phi) is 5.89. The fraction of sp³-hybridized carbons (Fsp3) is 0.571. The Labute approximate surface area is 156 Å². The number of phenols is 1. The van der Waals surface area contributed by atoms with Crippen molar-refractivity contribution in [2.75, 3.05) is 4.90 Å². The van der Waals surface area contributed by atoms with Crippen LogP contribution in [0.5, 0.6) is 11.5 Å². The maximum atomic E-state index is 11.7.